The largest absolute Gasteiger partial charge is 0.342 e. The van der Waals surface area contributed by atoms with Crippen molar-refractivity contribution in [3.8, 4) is 0 Å². The Hall–Kier alpha value is -1.58. The van der Waals surface area contributed by atoms with Gasteiger partial charge in [-0.25, -0.2) is 0 Å². The number of nitrogens with zero attached hydrogens (tertiary/aromatic N) is 1. The molecule has 19 heavy (non-hydrogen) atoms. The summed E-state index contributed by atoms with van der Waals surface area (Å²) in [6.45, 7) is 6.61. The van der Waals surface area contributed by atoms with E-state index in [0.717, 1.165) is 18.4 Å². The van der Waals surface area contributed by atoms with Gasteiger partial charge in [0.05, 0.1) is 6.54 Å². The molecule has 1 aliphatic heterocycles. The lowest BCUT2D eigenvalue weighted by Crippen LogP contribution is -2.62. The SMILES string of the molecule is CC(C)(C)[C@@H]1NC(=O)CN(CC2=CCCC=C2)C1=O.[HH]. The molecule has 2 amide bonds. The molecule has 1 N–H and O–H groups in total. The van der Waals surface area contributed by atoms with Gasteiger partial charge in [-0.15, -0.1) is 0 Å². The zero-order valence-corrected chi connectivity index (χ0v) is 11.9. The summed E-state index contributed by atoms with van der Waals surface area (Å²) in [5, 5.41) is 2.81. The quantitative estimate of drug-likeness (QED) is 0.828. The number of carbonyl (C=O) groups is 2. The first-order chi connectivity index (χ1) is 8.88. The standard InChI is InChI=1S/C15H22N2O2.H2/c1-15(2,3)13-14(19)17(10-12(18)16-13)9-11-7-5-4-6-8-11;/h5,7-8,13H,4,6,9-10H2,1-3H3,(H,16,18);1H/t13-;/m1./s1. The van der Waals surface area contributed by atoms with Gasteiger partial charge in [0.1, 0.15) is 6.04 Å². The van der Waals surface area contributed by atoms with E-state index in [0.29, 0.717) is 6.54 Å². The van der Waals surface area contributed by atoms with Crippen LogP contribution in [0.3, 0.4) is 0 Å². The van der Waals surface area contributed by atoms with Crippen LogP contribution in [0, 0.1) is 5.41 Å². The van der Waals surface area contributed by atoms with Gasteiger partial charge in [-0.05, 0) is 23.8 Å². The molecule has 0 unspecified atom stereocenters. The van der Waals surface area contributed by atoms with Crippen molar-refractivity contribution >= 4 is 11.8 Å². The number of amides is 2. The van der Waals surface area contributed by atoms with E-state index in [-0.39, 0.29) is 25.2 Å². The lowest BCUT2D eigenvalue weighted by Gasteiger charge is -2.39. The highest BCUT2D eigenvalue weighted by atomic mass is 16.2. The minimum absolute atomic E-state index is 0. The minimum Gasteiger partial charge on any atom is -0.342 e. The number of carbonyl (C=O) groups excluding carboxylic acids is 2. The Morgan fingerprint density at radius 3 is 2.68 bits per heavy atom. The molecule has 1 aliphatic carbocycles. The smallest absolute Gasteiger partial charge is 0.246 e. The molecule has 1 heterocycles. The van der Waals surface area contributed by atoms with Crippen LogP contribution in [0.1, 0.15) is 35.0 Å². The van der Waals surface area contributed by atoms with Crippen LogP contribution in [0.15, 0.2) is 23.8 Å². The highest BCUT2D eigenvalue weighted by Gasteiger charge is 2.39. The molecule has 1 fully saturated rings. The maximum absolute atomic E-state index is 12.5. The molecule has 1 saturated heterocycles. The normalized spacial score (nSPS) is 24.3. The second-order valence-corrected chi connectivity index (χ2v) is 6.32. The third-order valence-electron chi connectivity index (χ3n) is 3.51. The Morgan fingerprint density at radius 2 is 2.11 bits per heavy atom. The molecule has 4 heteroatoms. The summed E-state index contributed by atoms with van der Waals surface area (Å²) in [7, 11) is 0. The molecule has 0 bridgehead atoms. The van der Waals surface area contributed by atoms with Crippen molar-refractivity contribution in [3.05, 3.63) is 23.8 Å². The van der Waals surface area contributed by atoms with Crippen molar-refractivity contribution in [2.24, 2.45) is 5.41 Å². The summed E-state index contributed by atoms with van der Waals surface area (Å²) in [5.74, 6) is -0.0492. The number of nitrogens with one attached hydrogen (secondary N) is 1. The van der Waals surface area contributed by atoms with E-state index in [1.807, 2.05) is 20.8 Å². The van der Waals surface area contributed by atoms with Gasteiger partial charge in [0.15, 0.2) is 0 Å². The molecule has 1 atom stereocenters. The monoisotopic (exact) mass is 264 g/mol. The first-order valence-electron chi connectivity index (χ1n) is 6.81. The predicted octanol–water partition coefficient (Wildman–Crippen LogP) is 1.88. The van der Waals surface area contributed by atoms with Gasteiger partial charge in [-0.3, -0.25) is 9.59 Å². The third kappa shape index (κ3) is 3.25. The fourth-order valence-electron chi connectivity index (χ4n) is 2.43. The van der Waals surface area contributed by atoms with Crippen LogP contribution in [-0.2, 0) is 9.59 Å². The van der Waals surface area contributed by atoms with E-state index in [1.165, 1.54) is 0 Å². The summed E-state index contributed by atoms with van der Waals surface area (Å²) in [6, 6.07) is -0.429. The van der Waals surface area contributed by atoms with Gasteiger partial charge in [0.2, 0.25) is 11.8 Å². The first-order valence-corrected chi connectivity index (χ1v) is 6.81. The van der Waals surface area contributed by atoms with E-state index >= 15 is 0 Å². The Morgan fingerprint density at radius 1 is 1.37 bits per heavy atom. The Labute approximate surface area is 116 Å². The minimum atomic E-state index is -0.429. The average molecular weight is 264 g/mol. The maximum Gasteiger partial charge on any atom is 0.246 e. The molecular formula is C15H24N2O2. The van der Waals surface area contributed by atoms with Crippen molar-refractivity contribution in [3.63, 3.8) is 0 Å². The zero-order chi connectivity index (χ0) is 14.0. The third-order valence-corrected chi connectivity index (χ3v) is 3.51. The molecule has 0 spiro atoms. The van der Waals surface area contributed by atoms with E-state index in [4.69, 9.17) is 0 Å². The van der Waals surface area contributed by atoms with Crippen molar-refractivity contribution in [1.82, 2.24) is 10.2 Å². The molecule has 106 valence electrons. The van der Waals surface area contributed by atoms with Gasteiger partial charge in [-0.2, -0.15) is 0 Å². The maximum atomic E-state index is 12.5. The highest BCUT2D eigenvalue weighted by molar-refractivity contribution is 5.95. The molecule has 0 saturated carbocycles. The van der Waals surface area contributed by atoms with Crippen LogP contribution in [0.5, 0.6) is 0 Å². The van der Waals surface area contributed by atoms with E-state index < -0.39 is 6.04 Å². The Balaban J connectivity index is 0.00000200. The van der Waals surface area contributed by atoms with Gasteiger partial charge in [0.25, 0.3) is 0 Å². The topological polar surface area (TPSA) is 49.4 Å². The molecule has 2 aliphatic rings. The predicted molar refractivity (Wildman–Crippen MR) is 76.5 cm³/mol. The van der Waals surface area contributed by atoms with Gasteiger partial charge in [0, 0.05) is 7.97 Å². The highest BCUT2D eigenvalue weighted by Crippen LogP contribution is 2.24. The second-order valence-electron chi connectivity index (χ2n) is 6.32. The summed E-state index contributed by atoms with van der Waals surface area (Å²) >= 11 is 0. The number of hydrogen-bond donors (Lipinski definition) is 1. The van der Waals surface area contributed by atoms with E-state index in [2.05, 4.69) is 23.5 Å². The first kappa shape index (κ1) is 13.8. The molecular weight excluding hydrogens is 240 g/mol. The number of piperazine rings is 1. The van der Waals surface area contributed by atoms with Crippen LogP contribution in [0.25, 0.3) is 0 Å². The molecule has 0 aromatic rings. The fraction of sp³-hybridized carbons (Fsp3) is 0.600. The van der Waals surface area contributed by atoms with Crippen molar-refractivity contribution in [1.29, 1.82) is 0 Å². The Kier molecular flexibility index (Phi) is 3.78. The fourth-order valence-corrected chi connectivity index (χ4v) is 2.43. The molecule has 0 aromatic carbocycles. The van der Waals surface area contributed by atoms with Gasteiger partial charge >= 0.3 is 0 Å². The number of allylic oxidation sites excluding steroid dienone is 2. The summed E-state index contributed by atoms with van der Waals surface area (Å²) in [5.41, 5.74) is 0.865. The van der Waals surface area contributed by atoms with Crippen LogP contribution in [0.2, 0.25) is 0 Å². The molecule has 0 radical (unpaired) electrons. The summed E-state index contributed by atoms with van der Waals surface area (Å²) < 4.78 is 0. The second kappa shape index (κ2) is 5.19. The number of hydrogen-bond acceptors (Lipinski definition) is 2. The molecule has 4 nitrogen and oxygen atoms in total. The Bertz CT molecular complexity index is 449. The average Bonchev–Trinajstić information content (AvgIpc) is 2.33. The van der Waals surface area contributed by atoms with Crippen LogP contribution in [0.4, 0.5) is 0 Å². The number of rotatable bonds is 2. The summed E-state index contributed by atoms with van der Waals surface area (Å²) in [6.07, 6.45) is 8.39. The van der Waals surface area contributed by atoms with Crippen molar-refractivity contribution in [2.75, 3.05) is 13.1 Å². The van der Waals surface area contributed by atoms with Crippen LogP contribution < -0.4 is 5.32 Å². The lowest BCUT2D eigenvalue weighted by atomic mass is 9.84. The molecule has 0 aromatic heterocycles. The van der Waals surface area contributed by atoms with Crippen LogP contribution >= 0.6 is 0 Å². The lowest BCUT2D eigenvalue weighted by molar-refractivity contribution is -0.146. The van der Waals surface area contributed by atoms with Gasteiger partial charge < -0.3 is 10.2 Å². The van der Waals surface area contributed by atoms with Crippen molar-refractivity contribution < 1.29 is 11.0 Å². The van der Waals surface area contributed by atoms with Gasteiger partial charge in [-0.1, -0.05) is 39.0 Å². The molecule has 2 rings (SSSR count). The van der Waals surface area contributed by atoms with Crippen LogP contribution in [-0.4, -0.2) is 35.8 Å². The van der Waals surface area contributed by atoms with E-state index in [1.54, 1.807) is 4.90 Å². The zero-order valence-electron chi connectivity index (χ0n) is 11.9. The van der Waals surface area contributed by atoms with E-state index in [9.17, 15) is 9.59 Å². The van der Waals surface area contributed by atoms with Crippen molar-refractivity contribution in [2.45, 2.75) is 39.7 Å². The summed E-state index contributed by atoms with van der Waals surface area (Å²) in [4.78, 5) is 25.9.